The molecule has 3 heteroatoms. The van der Waals surface area contributed by atoms with Gasteiger partial charge in [-0.2, -0.15) is 0 Å². The van der Waals surface area contributed by atoms with Crippen molar-refractivity contribution < 1.29 is 0 Å². The van der Waals surface area contributed by atoms with Crippen molar-refractivity contribution in [1.29, 1.82) is 0 Å². The fourth-order valence-corrected chi connectivity index (χ4v) is 11.2. The zero-order chi connectivity index (χ0) is 44.3. The second kappa shape index (κ2) is 16.2. The largest absolute Gasteiger partial charge is 0.228 e. The molecule has 0 fully saturated rings. The highest BCUT2D eigenvalue weighted by Crippen LogP contribution is 2.43. The number of thiophene rings is 1. The highest BCUT2D eigenvalue weighted by Gasteiger charge is 2.18. The molecule has 2 aromatic heterocycles. The van der Waals surface area contributed by atoms with Crippen molar-refractivity contribution >= 4 is 64.5 Å². The number of aromatic nitrogens is 2. The number of rotatable bonds is 7. The van der Waals surface area contributed by atoms with Crippen molar-refractivity contribution in [1.82, 2.24) is 9.97 Å². The second-order valence-electron chi connectivity index (χ2n) is 17.2. The summed E-state index contributed by atoms with van der Waals surface area (Å²) in [6.45, 7) is 0. The first-order chi connectivity index (χ1) is 33.2. The monoisotopic (exact) mass is 868 g/mol. The molecule has 312 valence electrons. The van der Waals surface area contributed by atoms with Crippen LogP contribution in [0.3, 0.4) is 0 Å². The van der Waals surface area contributed by atoms with Crippen molar-refractivity contribution in [2.75, 3.05) is 0 Å². The van der Waals surface area contributed by atoms with Crippen molar-refractivity contribution in [3.8, 4) is 77.7 Å². The summed E-state index contributed by atoms with van der Waals surface area (Å²) in [4.78, 5) is 11.6. The maximum absolute atomic E-state index is 5.22. The first kappa shape index (κ1) is 38.9. The fraction of sp³-hybridized carbons (Fsp3) is 0. The number of hydrogen-bond donors (Lipinski definition) is 0. The molecule has 11 aromatic carbocycles. The Kier molecular flexibility index (Phi) is 9.40. The van der Waals surface area contributed by atoms with E-state index in [1.807, 2.05) is 29.5 Å². The quantitative estimate of drug-likeness (QED) is 0.118. The number of nitrogens with zero attached hydrogens (tertiary/aromatic N) is 2. The molecule has 2 heterocycles. The van der Waals surface area contributed by atoms with Crippen LogP contribution < -0.4 is 0 Å². The smallest absolute Gasteiger partial charge is 0.160 e. The van der Waals surface area contributed by atoms with Gasteiger partial charge in [0.05, 0.1) is 11.4 Å². The number of benzene rings is 11. The Morgan fingerprint density at radius 3 is 1.54 bits per heavy atom. The molecule has 0 saturated carbocycles. The zero-order valence-electron chi connectivity index (χ0n) is 36.4. The molecular weight excluding hydrogens is 829 g/mol. The molecule has 13 rings (SSSR count). The lowest BCUT2D eigenvalue weighted by molar-refractivity contribution is 1.18. The Labute approximate surface area is 392 Å². The van der Waals surface area contributed by atoms with Gasteiger partial charge in [-0.15, -0.1) is 11.3 Å². The normalized spacial score (nSPS) is 11.6. The predicted molar refractivity (Wildman–Crippen MR) is 285 cm³/mol. The van der Waals surface area contributed by atoms with Crippen molar-refractivity contribution in [3.63, 3.8) is 0 Å². The summed E-state index contributed by atoms with van der Waals surface area (Å²) in [6, 6.07) is 87.8. The van der Waals surface area contributed by atoms with Gasteiger partial charge in [0.25, 0.3) is 0 Å². The van der Waals surface area contributed by atoms with E-state index in [-0.39, 0.29) is 0 Å². The molecule has 0 aliphatic carbocycles. The van der Waals surface area contributed by atoms with Gasteiger partial charge in [-0.05, 0) is 106 Å². The van der Waals surface area contributed by atoms with Gasteiger partial charge in [-0.3, -0.25) is 0 Å². The molecule has 0 atom stereocenters. The molecule has 0 saturated heterocycles. The molecule has 0 aliphatic rings. The molecule has 0 unspecified atom stereocenters. The summed E-state index contributed by atoms with van der Waals surface area (Å²) >= 11 is 1.82. The SMILES string of the molecule is c1ccc(-c2nc(-c3ccc(-c4ccc(-c5ccc(-c6c7ccccc7cc7c6ccc6ccccc67)cc5)c5ccccc45)cc3)cc(-c3ccccc3-c3cc4ccccc4s3)n2)cc1. The van der Waals surface area contributed by atoms with Crippen LogP contribution in [-0.4, -0.2) is 9.97 Å². The van der Waals surface area contributed by atoms with E-state index >= 15 is 0 Å². The molecule has 0 bridgehead atoms. The van der Waals surface area contributed by atoms with E-state index in [0.717, 1.165) is 33.6 Å². The molecule has 2 nitrogen and oxygen atoms in total. The van der Waals surface area contributed by atoms with E-state index in [1.54, 1.807) is 0 Å². The van der Waals surface area contributed by atoms with Crippen LogP contribution in [0.4, 0.5) is 0 Å². The van der Waals surface area contributed by atoms with Gasteiger partial charge in [-0.25, -0.2) is 9.97 Å². The standard InChI is InChI=1S/C64H40N2S/c1-2-15-46(16-3-1)64-65-59(40-60(66-64)55-23-11-12-24-56(55)62-39-48-18-6-13-25-61(48)67-62)44-30-26-42(27-31-44)50-36-37-51(54-22-10-9-21-53(50)54)43-28-32-45(33-29-43)63-52-20-8-5-17-47(52)38-58-49-19-7-4-14-41(49)34-35-57(58)63/h1-40H. The minimum Gasteiger partial charge on any atom is -0.228 e. The van der Waals surface area contributed by atoms with Gasteiger partial charge in [0.2, 0.25) is 0 Å². The van der Waals surface area contributed by atoms with Crippen LogP contribution in [0, 0.1) is 0 Å². The van der Waals surface area contributed by atoms with Crippen LogP contribution in [0.5, 0.6) is 0 Å². The molecule has 13 aromatic rings. The highest BCUT2D eigenvalue weighted by atomic mass is 32.1. The Balaban J connectivity index is 0.865. The first-order valence-corrected chi connectivity index (χ1v) is 23.6. The topological polar surface area (TPSA) is 25.8 Å². The molecule has 0 amide bonds. The third-order valence-corrected chi connectivity index (χ3v) is 14.5. The van der Waals surface area contributed by atoms with Gasteiger partial charge in [0.1, 0.15) is 0 Å². The minimum atomic E-state index is 0.706. The van der Waals surface area contributed by atoms with Crippen LogP contribution in [0.1, 0.15) is 0 Å². The van der Waals surface area contributed by atoms with Crippen molar-refractivity contribution in [2.45, 2.75) is 0 Å². The van der Waals surface area contributed by atoms with E-state index < -0.39 is 0 Å². The van der Waals surface area contributed by atoms with Gasteiger partial charge in [-0.1, -0.05) is 218 Å². The molecular formula is C64H40N2S. The van der Waals surface area contributed by atoms with Crippen LogP contribution in [0.25, 0.3) is 131 Å². The summed E-state index contributed by atoms with van der Waals surface area (Å²) in [6.07, 6.45) is 0. The second-order valence-corrected chi connectivity index (χ2v) is 18.3. The lowest BCUT2D eigenvalue weighted by Gasteiger charge is -2.15. The molecule has 67 heavy (non-hydrogen) atoms. The fourth-order valence-electron chi connectivity index (χ4n) is 10.1. The minimum absolute atomic E-state index is 0.706. The Morgan fingerprint density at radius 2 is 0.821 bits per heavy atom. The first-order valence-electron chi connectivity index (χ1n) is 22.8. The van der Waals surface area contributed by atoms with Crippen LogP contribution in [-0.2, 0) is 0 Å². The lowest BCUT2D eigenvalue weighted by Crippen LogP contribution is -1.96. The highest BCUT2D eigenvalue weighted by molar-refractivity contribution is 7.22. The van der Waals surface area contributed by atoms with Gasteiger partial charge in [0.15, 0.2) is 5.82 Å². The lowest BCUT2D eigenvalue weighted by atomic mass is 9.88. The van der Waals surface area contributed by atoms with E-state index in [4.69, 9.17) is 9.97 Å². The number of fused-ring (bicyclic) bond motifs is 6. The average molecular weight is 869 g/mol. The summed E-state index contributed by atoms with van der Waals surface area (Å²) in [5.41, 5.74) is 13.3. The number of hydrogen-bond acceptors (Lipinski definition) is 3. The third-order valence-electron chi connectivity index (χ3n) is 13.3. The summed E-state index contributed by atoms with van der Waals surface area (Å²) in [5, 5.41) is 11.3. The molecule has 0 aliphatic heterocycles. The van der Waals surface area contributed by atoms with Crippen molar-refractivity contribution in [2.24, 2.45) is 0 Å². The van der Waals surface area contributed by atoms with E-state index in [2.05, 4.69) is 224 Å². The Morgan fingerprint density at radius 1 is 0.269 bits per heavy atom. The van der Waals surface area contributed by atoms with Gasteiger partial charge < -0.3 is 0 Å². The molecule has 0 N–H and O–H groups in total. The van der Waals surface area contributed by atoms with Crippen molar-refractivity contribution in [3.05, 3.63) is 243 Å². The Bertz CT molecular complexity index is 3980. The van der Waals surface area contributed by atoms with E-state index in [9.17, 15) is 0 Å². The molecule has 0 radical (unpaired) electrons. The van der Waals surface area contributed by atoms with Gasteiger partial charge >= 0.3 is 0 Å². The zero-order valence-corrected chi connectivity index (χ0v) is 37.2. The summed E-state index contributed by atoms with van der Waals surface area (Å²) in [5.74, 6) is 0.706. The van der Waals surface area contributed by atoms with E-state index in [0.29, 0.717) is 5.82 Å². The maximum atomic E-state index is 5.22. The van der Waals surface area contributed by atoms with Crippen LogP contribution >= 0.6 is 11.3 Å². The van der Waals surface area contributed by atoms with Crippen LogP contribution in [0.2, 0.25) is 0 Å². The summed E-state index contributed by atoms with van der Waals surface area (Å²) in [7, 11) is 0. The van der Waals surface area contributed by atoms with E-state index in [1.165, 1.54) is 91.4 Å². The predicted octanol–water partition coefficient (Wildman–Crippen LogP) is 18.0. The Hall–Kier alpha value is -8.50. The molecule has 0 spiro atoms. The third kappa shape index (κ3) is 6.88. The average Bonchev–Trinajstić information content (AvgIpc) is 3.85. The van der Waals surface area contributed by atoms with Gasteiger partial charge in [0, 0.05) is 31.8 Å². The maximum Gasteiger partial charge on any atom is 0.160 e. The summed E-state index contributed by atoms with van der Waals surface area (Å²) < 4.78 is 1.28. The van der Waals surface area contributed by atoms with Crippen LogP contribution in [0.15, 0.2) is 243 Å².